The van der Waals surface area contributed by atoms with E-state index in [2.05, 4.69) is 35.2 Å². The smallest absolute Gasteiger partial charge is 0.194 e. The maximum Gasteiger partial charge on any atom is 0.194 e. The van der Waals surface area contributed by atoms with Gasteiger partial charge in [0.2, 0.25) is 0 Å². The Kier molecular flexibility index (Phi) is 7.39. The van der Waals surface area contributed by atoms with Crippen molar-refractivity contribution in [3.63, 3.8) is 0 Å². The highest BCUT2D eigenvalue weighted by Crippen LogP contribution is 2.31. The van der Waals surface area contributed by atoms with Gasteiger partial charge in [-0.25, -0.2) is 0 Å². The van der Waals surface area contributed by atoms with Crippen LogP contribution in [0.1, 0.15) is 38.2 Å². The molecule has 5 nitrogen and oxygen atoms in total. The molecule has 0 unspecified atom stereocenters. The van der Waals surface area contributed by atoms with E-state index in [4.69, 9.17) is 21.3 Å². The van der Waals surface area contributed by atoms with Crippen LogP contribution in [0.2, 0.25) is 5.02 Å². The number of nitrogens with zero attached hydrogens (tertiary/aromatic N) is 3. The fourth-order valence-electron chi connectivity index (χ4n) is 4.19. The highest BCUT2D eigenvalue weighted by atomic mass is 35.5. The molecule has 6 heteroatoms. The lowest BCUT2D eigenvalue weighted by atomic mass is 9.88. The summed E-state index contributed by atoms with van der Waals surface area (Å²) in [5, 5.41) is 4.23. The third kappa shape index (κ3) is 5.37. The van der Waals surface area contributed by atoms with E-state index >= 15 is 0 Å². The molecule has 3 rings (SSSR count). The van der Waals surface area contributed by atoms with Crippen molar-refractivity contribution >= 4 is 17.6 Å². The number of hydrogen-bond acceptors (Lipinski definition) is 3. The van der Waals surface area contributed by atoms with Gasteiger partial charge in [0.05, 0.1) is 6.54 Å². The first-order chi connectivity index (χ1) is 13.1. The second-order valence-electron chi connectivity index (χ2n) is 7.69. The van der Waals surface area contributed by atoms with Gasteiger partial charge in [-0.2, -0.15) is 0 Å². The van der Waals surface area contributed by atoms with Gasteiger partial charge in [-0.15, -0.1) is 0 Å². The normalized spacial score (nSPS) is 20.6. The van der Waals surface area contributed by atoms with E-state index in [0.717, 1.165) is 56.7 Å². The minimum atomic E-state index is 0.159. The average molecular weight is 393 g/mol. The van der Waals surface area contributed by atoms with Gasteiger partial charge < -0.3 is 15.0 Å². The predicted octanol–water partition coefficient (Wildman–Crippen LogP) is 3.38. The van der Waals surface area contributed by atoms with Crippen molar-refractivity contribution in [3.8, 4) is 0 Å². The van der Waals surface area contributed by atoms with Crippen LogP contribution in [-0.2, 0) is 11.3 Å². The molecule has 1 N–H and O–H groups in total. The predicted molar refractivity (Wildman–Crippen MR) is 112 cm³/mol. The van der Waals surface area contributed by atoms with Crippen molar-refractivity contribution in [2.45, 2.75) is 44.7 Å². The highest BCUT2D eigenvalue weighted by molar-refractivity contribution is 6.30. The van der Waals surface area contributed by atoms with Crippen molar-refractivity contribution in [2.75, 3.05) is 46.4 Å². The first kappa shape index (κ1) is 20.4. The summed E-state index contributed by atoms with van der Waals surface area (Å²) >= 11 is 6.14. The van der Waals surface area contributed by atoms with Gasteiger partial charge in [0.1, 0.15) is 0 Å². The summed E-state index contributed by atoms with van der Waals surface area (Å²) in [5.41, 5.74) is 1.35. The monoisotopic (exact) mass is 392 g/mol. The maximum absolute atomic E-state index is 6.14. The van der Waals surface area contributed by atoms with Gasteiger partial charge in [-0.1, -0.05) is 23.7 Å². The molecule has 0 saturated carbocycles. The Labute approximate surface area is 168 Å². The molecule has 2 aliphatic rings. The number of hydrogen-bond donors (Lipinski definition) is 1. The van der Waals surface area contributed by atoms with Gasteiger partial charge in [-0.3, -0.25) is 9.89 Å². The number of halogens is 1. The Morgan fingerprint density at radius 2 is 2.04 bits per heavy atom. The molecular weight excluding hydrogens is 360 g/mol. The van der Waals surface area contributed by atoms with Crippen LogP contribution in [0.4, 0.5) is 0 Å². The van der Waals surface area contributed by atoms with Crippen LogP contribution in [0.25, 0.3) is 0 Å². The first-order valence-corrected chi connectivity index (χ1v) is 10.6. The molecule has 2 fully saturated rings. The summed E-state index contributed by atoms with van der Waals surface area (Å²) in [7, 11) is 2.09. The quantitative estimate of drug-likeness (QED) is 0.595. The second kappa shape index (κ2) is 9.76. The zero-order valence-electron chi connectivity index (χ0n) is 16.7. The molecule has 0 radical (unpaired) electrons. The topological polar surface area (TPSA) is 40.1 Å². The van der Waals surface area contributed by atoms with Gasteiger partial charge in [0, 0.05) is 43.9 Å². The van der Waals surface area contributed by atoms with Gasteiger partial charge in [0.25, 0.3) is 0 Å². The number of guanidine groups is 1. The summed E-state index contributed by atoms with van der Waals surface area (Å²) in [4.78, 5) is 9.93. The minimum absolute atomic E-state index is 0.159. The first-order valence-electron chi connectivity index (χ1n) is 10.2. The van der Waals surface area contributed by atoms with E-state index < -0.39 is 0 Å². The standard InChI is InChI=1S/C21H33ClN4O/c1-3-23-20(25(2)16-18-7-6-8-19(22)15-18)24-17-21(9-13-27-14-10-21)26-11-4-5-12-26/h6-8,15H,3-5,9-14,16-17H2,1-2H3,(H,23,24). The van der Waals surface area contributed by atoms with E-state index in [0.29, 0.717) is 0 Å². The number of ether oxygens (including phenoxy) is 1. The summed E-state index contributed by atoms with van der Waals surface area (Å²) in [5.74, 6) is 0.961. The van der Waals surface area contributed by atoms with Crippen molar-refractivity contribution in [1.29, 1.82) is 0 Å². The number of likely N-dealkylation sites (tertiary alicyclic amines) is 1. The van der Waals surface area contributed by atoms with E-state index in [-0.39, 0.29) is 5.54 Å². The number of rotatable bonds is 6. The number of benzene rings is 1. The van der Waals surface area contributed by atoms with Gasteiger partial charge in [0.15, 0.2) is 5.96 Å². The molecule has 1 aromatic carbocycles. The Balaban J connectivity index is 1.72. The average Bonchev–Trinajstić information content (AvgIpc) is 3.21. The molecule has 0 amide bonds. The Bertz CT molecular complexity index is 624. The Morgan fingerprint density at radius 1 is 1.30 bits per heavy atom. The van der Waals surface area contributed by atoms with Crippen LogP contribution in [-0.4, -0.2) is 67.7 Å². The molecule has 0 bridgehead atoms. The molecular formula is C21H33ClN4O. The van der Waals surface area contributed by atoms with Crippen molar-refractivity contribution < 1.29 is 4.74 Å². The van der Waals surface area contributed by atoms with Crippen LogP contribution < -0.4 is 5.32 Å². The maximum atomic E-state index is 6.14. The summed E-state index contributed by atoms with van der Waals surface area (Å²) in [6.45, 7) is 8.69. The number of nitrogens with one attached hydrogen (secondary N) is 1. The van der Waals surface area contributed by atoms with E-state index in [1.54, 1.807) is 0 Å². The largest absolute Gasteiger partial charge is 0.381 e. The molecule has 2 aliphatic heterocycles. The second-order valence-corrected chi connectivity index (χ2v) is 8.12. The third-order valence-corrected chi connectivity index (χ3v) is 5.96. The molecule has 150 valence electrons. The molecule has 2 heterocycles. The summed E-state index contributed by atoms with van der Waals surface area (Å²) < 4.78 is 5.66. The van der Waals surface area contributed by atoms with E-state index in [1.807, 2.05) is 18.2 Å². The summed E-state index contributed by atoms with van der Waals surface area (Å²) in [6, 6.07) is 8.04. The zero-order valence-corrected chi connectivity index (χ0v) is 17.5. The highest BCUT2D eigenvalue weighted by Gasteiger charge is 2.39. The molecule has 0 aromatic heterocycles. The molecule has 0 aliphatic carbocycles. The lowest BCUT2D eigenvalue weighted by Crippen LogP contribution is -2.54. The van der Waals surface area contributed by atoms with Crippen LogP contribution in [0.5, 0.6) is 0 Å². The molecule has 27 heavy (non-hydrogen) atoms. The lowest BCUT2D eigenvalue weighted by molar-refractivity contribution is -0.0139. The third-order valence-electron chi connectivity index (χ3n) is 5.73. The Morgan fingerprint density at radius 3 is 2.70 bits per heavy atom. The van der Waals surface area contributed by atoms with Gasteiger partial charge in [-0.05, 0) is 63.4 Å². The van der Waals surface area contributed by atoms with E-state index in [1.165, 1.54) is 31.5 Å². The van der Waals surface area contributed by atoms with Crippen LogP contribution in [0.15, 0.2) is 29.3 Å². The van der Waals surface area contributed by atoms with Crippen molar-refractivity contribution in [3.05, 3.63) is 34.9 Å². The summed E-state index contributed by atoms with van der Waals surface area (Å²) in [6.07, 6.45) is 4.77. The fraction of sp³-hybridized carbons (Fsp3) is 0.667. The fourth-order valence-corrected chi connectivity index (χ4v) is 4.41. The molecule has 0 spiro atoms. The van der Waals surface area contributed by atoms with Crippen LogP contribution >= 0.6 is 11.6 Å². The van der Waals surface area contributed by atoms with E-state index in [9.17, 15) is 0 Å². The van der Waals surface area contributed by atoms with Crippen LogP contribution in [0, 0.1) is 0 Å². The SMILES string of the molecule is CCNC(=NCC1(N2CCCC2)CCOCC1)N(C)Cc1cccc(Cl)c1. The Hall–Kier alpha value is -1.30. The van der Waals surface area contributed by atoms with Gasteiger partial charge >= 0.3 is 0 Å². The zero-order chi connectivity index (χ0) is 19.1. The molecule has 2 saturated heterocycles. The van der Waals surface area contributed by atoms with Crippen molar-refractivity contribution in [2.24, 2.45) is 4.99 Å². The van der Waals surface area contributed by atoms with Crippen molar-refractivity contribution in [1.82, 2.24) is 15.1 Å². The minimum Gasteiger partial charge on any atom is -0.381 e. The number of aliphatic imine (C=N–C) groups is 1. The molecule has 1 aromatic rings. The molecule has 0 atom stereocenters. The van der Waals surface area contributed by atoms with Crippen LogP contribution in [0.3, 0.4) is 0 Å². The lowest BCUT2D eigenvalue weighted by Gasteiger charge is -2.43.